The standard InChI is InChI=1S/C28H29F2N3O3/c1-19-8-5-6-13-24(19)27(28(35)32-22-10-3-2-4-11-22)33(23-12-7-9-20(29)16-23)26(34)18-36-25-15-14-21(30)17-31-25/h5-9,12-17,22,27H,2-4,10-11,18H2,1H3,(H,32,35). The Morgan fingerprint density at radius 2 is 1.81 bits per heavy atom. The van der Waals surface area contributed by atoms with E-state index in [2.05, 4.69) is 10.3 Å². The van der Waals surface area contributed by atoms with E-state index in [0.717, 1.165) is 43.9 Å². The Kier molecular flexibility index (Phi) is 8.25. The predicted octanol–water partition coefficient (Wildman–Crippen LogP) is 5.27. The molecule has 0 aliphatic heterocycles. The van der Waals surface area contributed by atoms with Crippen molar-refractivity contribution in [1.29, 1.82) is 0 Å². The molecule has 1 unspecified atom stereocenters. The molecule has 0 spiro atoms. The van der Waals surface area contributed by atoms with Gasteiger partial charge in [0, 0.05) is 17.8 Å². The average Bonchev–Trinajstić information content (AvgIpc) is 2.88. The second-order valence-corrected chi connectivity index (χ2v) is 8.95. The van der Waals surface area contributed by atoms with Gasteiger partial charge in [0.15, 0.2) is 6.61 Å². The maximum atomic E-state index is 14.3. The maximum absolute atomic E-state index is 14.3. The third-order valence-electron chi connectivity index (χ3n) is 6.34. The summed E-state index contributed by atoms with van der Waals surface area (Å²) in [5, 5.41) is 3.12. The lowest BCUT2D eigenvalue weighted by Crippen LogP contribution is -2.48. The summed E-state index contributed by atoms with van der Waals surface area (Å²) in [6.45, 7) is 1.39. The molecule has 1 aliphatic rings. The van der Waals surface area contributed by atoms with Gasteiger partial charge in [-0.15, -0.1) is 0 Å². The maximum Gasteiger partial charge on any atom is 0.265 e. The molecule has 3 aromatic rings. The highest BCUT2D eigenvalue weighted by Crippen LogP contribution is 2.31. The van der Waals surface area contributed by atoms with Gasteiger partial charge in [-0.25, -0.2) is 13.8 Å². The van der Waals surface area contributed by atoms with Crippen molar-refractivity contribution in [3.63, 3.8) is 0 Å². The Hall–Kier alpha value is -3.81. The van der Waals surface area contributed by atoms with E-state index in [0.29, 0.717) is 5.56 Å². The number of pyridine rings is 1. The van der Waals surface area contributed by atoms with Gasteiger partial charge in [0.1, 0.15) is 17.7 Å². The second-order valence-electron chi connectivity index (χ2n) is 8.95. The zero-order valence-corrected chi connectivity index (χ0v) is 20.1. The SMILES string of the molecule is Cc1ccccc1C(C(=O)NC1CCCCC1)N(C(=O)COc1ccc(F)cn1)c1cccc(F)c1. The van der Waals surface area contributed by atoms with Crippen LogP contribution >= 0.6 is 0 Å². The molecule has 1 heterocycles. The number of amides is 2. The number of aromatic nitrogens is 1. The van der Waals surface area contributed by atoms with E-state index in [1.165, 1.54) is 35.2 Å². The quantitative estimate of drug-likeness (QED) is 0.464. The van der Waals surface area contributed by atoms with Gasteiger partial charge >= 0.3 is 0 Å². The molecular formula is C28H29F2N3O3. The molecule has 0 radical (unpaired) electrons. The number of carbonyl (C=O) groups is 2. The summed E-state index contributed by atoms with van der Waals surface area (Å²) in [5.41, 5.74) is 1.67. The Labute approximate surface area is 209 Å². The third kappa shape index (κ3) is 6.24. The first kappa shape index (κ1) is 25.3. The highest BCUT2D eigenvalue weighted by atomic mass is 19.1. The summed E-state index contributed by atoms with van der Waals surface area (Å²) in [7, 11) is 0. The number of rotatable bonds is 8. The van der Waals surface area contributed by atoms with Crippen molar-refractivity contribution in [2.75, 3.05) is 11.5 Å². The number of anilines is 1. The molecule has 2 amide bonds. The lowest BCUT2D eigenvalue weighted by atomic mass is 9.93. The van der Waals surface area contributed by atoms with Gasteiger partial charge in [-0.3, -0.25) is 14.5 Å². The van der Waals surface area contributed by atoms with E-state index in [1.807, 2.05) is 19.1 Å². The zero-order chi connectivity index (χ0) is 25.5. The van der Waals surface area contributed by atoms with Crippen LogP contribution in [0.4, 0.5) is 14.5 Å². The smallest absolute Gasteiger partial charge is 0.265 e. The van der Waals surface area contributed by atoms with Crippen molar-refractivity contribution >= 4 is 17.5 Å². The first-order valence-corrected chi connectivity index (χ1v) is 12.1. The summed E-state index contributed by atoms with van der Waals surface area (Å²) in [6.07, 6.45) is 5.93. The van der Waals surface area contributed by atoms with E-state index >= 15 is 0 Å². The number of ether oxygens (including phenoxy) is 1. The first-order valence-electron chi connectivity index (χ1n) is 12.1. The summed E-state index contributed by atoms with van der Waals surface area (Å²) in [4.78, 5) is 32.5. The van der Waals surface area contributed by atoms with E-state index in [4.69, 9.17) is 4.74 Å². The zero-order valence-electron chi connectivity index (χ0n) is 20.1. The molecule has 1 N–H and O–H groups in total. The molecule has 1 aromatic heterocycles. The number of nitrogens with zero attached hydrogens (tertiary/aromatic N) is 2. The Bertz CT molecular complexity index is 1200. The Morgan fingerprint density at radius 1 is 1.03 bits per heavy atom. The molecule has 1 aliphatic carbocycles. The van der Waals surface area contributed by atoms with E-state index in [-0.39, 0.29) is 23.5 Å². The lowest BCUT2D eigenvalue weighted by molar-refractivity contribution is -0.128. The number of hydrogen-bond donors (Lipinski definition) is 1. The van der Waals surface area contributed by atoms with Gasteiger partial charge in [-0.1, -0.05) is 49.6 Å². The van der Waals surface area contributed by atoms with Crippen LogP contribution < -0.4 is 15.0 Å². The van der Waals surface area contributed by atoms with Crippen molar-refractivity contribution < 1.29 is 23.1 Å². The van der Waals surface area contributed by atoms with Crippen molar-refractivity contribution in [1.82, 2.24) is 10.3 Å². The summed E-state index contributed by atoms with van der Waals surface area (Å²) < 4.78 is 33.0. The van der Waals surface area contributed by atoms with Gasteiger partial charge in [0.2, 0.25) is 11.8 Å². The first-order chi connectivity index (χ1) is 17.4. The number of hydrogen-bond acceptors (Lipinski definition) is 4. The van der Waals surface area contributed by atoms with Crippen LogP contribution in [0, 0.1) is 18.6 Å². The molecule has 8 heteroatoms. The van der Waals surface area contributed by atoms with Gasteiger partial charge in [0.05, 0.1) is 6.20 Å². The number of nitrogens with one attached hydrogen (secondary N) is 1. The molecular weight excluding hydrogens is 464 g/mol. The largest absolute Gasteiger partial charge is 0.468 e. The highest BCUT2D eigenvalue weighted by Gasteiger charge is 2.35. The molecule has 1 saturated carbocycles. The average molecular weight is 494 g/mol. The number of halogens is 2. The summed E-state index contributed by atoms with van der Waals surface area (Å²) in [6, 6.07) is 14.3. The van der Waals surface area contributed by atoms with Crippen LogP contribution in [-0.2, 0) is 9.59 Å². The van der Waals surface area contributed by atoms with Crippen molar-refractivity contribution in [2.24, 2.45) is 0 Å². The van der Waals surface area contributed by atoms with E-state index < -0.39 is 30.2 Å². The van der Waals surface area contributed by atoms with Crippen LogP contribution in [0.5, 0.6) is 5.88 Å². The number of carbonyl (C=O) groups excluding carboxylic acids is 2. The minimum absolute atomic E-state index is 0.0156. The van der Waals surface area contributed by atoms with Crippen LogP contribution in [0.3, 0.4) is 0 Å². The topological polar surface area (TPSA) is 71.5 Å². The molecule has 6 nitrogen and oxygen atoms in total. The van der Waals surface area contributed by atoms with Gasteiger partial charge < -0.3 is 10.1 Å². The van der Waals surface area contributed by atoms with Crippen LogP contribution in [-0.4, -0.2) is 29.4 Å². The summed E-state index contributed by atoms with van der Waals surface area (Å²) >= 11 is 0. The number of aryl methyl sites for hydroxylation is 1. The third-order valence-corrected chi connectivity index (χ3v) is 6.34. The van der Waals surface area contributed by atoms with Crippen LogP contribution in [0.1, 0.15) is 49.3 Å². The monoisotopic (exact) mass is 493 g/mol. The van der Waals surface area contributed by atoms with Crippen LogP contribution in [0.25, 0.3) is 0 Å². The molecule has 1 fully saturated rings. The molecule has 2 aromatic carbocycles. The fraction of sp³-hybridized carbons (Fsp3) is 0.321. The van der Waals surface area contributed by atoms with Crippen molar-refractivity contribution in [3.8, 4) is 5.88 Å². The van der Waals surface area contributed by atoms with Gasteiger partial charge in [-0.2, -0.15) is 0 Å². The van der Waals surface area contributed by atoms with Crippen LogP contribution in [0.2, 0.25) is 0 Å². The summed E-state index contributed by atoms with van der Waals surface area (Å²) in [5.74, 6) is -1.92. The fourth-order valence-corrected chi connectivity index (χ4v) is 4.53. The van der Waals surface area contributed by atoms with Crippen molar-refractivity contribution in [3.05, 3.63) is 89.6 Å². The van der Waals surface area contributed by atoms with Gasteiger partial charge in [0.25, 0.3) is 5.91 Å². The highest BCUT2D eigenvalue weighted by molar-refractivity contribution is 6.02. The minimum atomic E-state index is -1.05. The van der Waals surface area contributed by atoms with E-state index in [9.17, 15) is 18.4 Å². The molecule has 188 valence electrons. The minimum Gasteiger partial charge on any atom is -0.468 e. The van der Waals surface area contributed by atoms with Crippen molar-refractivity contribution in [2.45, 2.75) is 51.1 Å². The van der Waals surface area contributed by atoms with E-state index in [1.54, 1.807) is 18.2 Å². The fourth-order valence-electron chi connectivity index (χ4n) is 4.53. The lowest BCUT2D eigenvalue weighted by Gasteiger charge is -2.34. The molecule has 36 heavy (non-hydrogen) atoms. The normalized spacial score (nSPS) is 14.6. The predicted molar refractivity (Wildman–Crippen MR) is 133 cm³/mol. The molecule has 0 bridgehead atoms. The molecule has 4 rings (SSSR count). The number of benzene rings is 2. The Balaban J connectivity index is 1.70. The van der Waals surface area contributed by atoms with Crippen LogP contribution in [0.15, 0.2) is 66.9 Å². The molecule has 1 atom stereocenters. The Morgan fingerprint density at radius 3 is 2.50 bits per heavy atom. The molecule has 0 saturated heterocycles. The second kappa shape index (κ2) is 11.7. The van der Waals surface area contributed by atoms with Gasteiger partial charge in [-0.05, 0) is 55.2 Å².